The normalized spacial score (nSPS) is 12.5. The van der Waals surface area contributed by atoms with Crippen molar-refractivity contribution in [1.29, 1.82) is 0 Å². The summed E-state index contributed by atoms with van der Waals surface area (Å²) in [5.74, 6) is -4.06. The zero-order valence-corrected chi connectivity index (χ0v) is 17.0. The van der Waals surface area contributed by atoms with Crippen molar-refractivity contribution < 1.29 is 24.2 Å². The summed E-state index contributed by atoms with van der Waals surface area (Å²) in [5.41, 5.74) is 1.07. The number of aromatic hydroxyl groups is 1. The lowest BCUT2D eigenvalue weighted by atomic mass is 9.88. The summed E-state index contributed by atoms with van der Waals surface area (Å²) in [7, 11) is 0. The van der Waals surface area contributed by atoms with Gasteiger partial charge in [0.2, 0.25) is 0 Å². The largest absolute Gasteiger partial charge is 0.505 e. The summed E-state index contributed by atoms with van der Waals surface area (Å²) in [6.07, 6.45) is 0.263. The lowest BCUT2D eigenvalue weighted by Gasteiger charge is -2.16. The molecule has 3 rings (SSSR count). The van der Waals surface area contributed by atoms with Crippen LogP contribution in [0.4, 0.5) is 4.39 Å². The van der Waals surface area contributed by atoms with Crippen LogP contribution in [-0.4, -0.2) is 26.7 Å². The molecular weight excluding hydrogens is 397 g/mol. The Hall–Kier alpha value is -2.86. The molecule has 0 spiro atoms. The molecule has 0 amide bonds. The van der Waals surface area contributed by atoms with Crippen LogP contribution in [-0.2, 0) is 4.79 Å². The number of phenols is 1. The number of carbonyl (C=O) groups excluding carboxylic acids is 1. The number of hydrogen-bond acceptors (Lipinski definition) is 3. The van der Waals surface area contributed by atoms with Gasteiger partial charge in [-0.05, 0) is 61.2 Å². The summed E-state index contributed by atoms with van der Waals surface area (Å²) < 4.78 is 16.2. The Morgan fingerprint density at radius 1 is 1.14 bits per heavy atom. The number of carboxylic acids is 1. The summed E-state index contributed by atoms with van der Waals surface area (Å²) in [5, 5.41) is 20.1. The van der Waals surface area contributed by atoms with Crippen molar-refractivity contribution in [3.8, 4) is 5.75 Å². The Labute approximate surface area is 172 Å². The molecule has 2 aromatic carbocycles. The maximum Gasteiger partial charge on any atom is 0.311 e. The summed E-state index contributed by atoms with van der Waals surface area (Å²) in [6.45, 7) is 5.34. The van der Waals surface area contributed by atoms with Crippen LogP contribution in [0.3, 0.4) is 0 Å². The van der Waals surface area contributed by atoms with E-state index in [1.807, 2.05) is 13.8 Å². The van der Waals surface area contributed by atoms with E-state index in [0.29, 0.717) is 16.3 Å². The monoisotopic (exact) mass is 417 g/mol. The average Bonchev–Trinajstić information content (AvgIpc) is 2.95. The van der Waals surface area contributed by atoms with Gasteiger partial charge in [0.05, 0.1) is 11.4 Å². The molecule has 0 fully saturated rings. The zero-order chi connectivity index (χ0) is 21.5. The fourth-order valence-corrected chi connectivity index (χ4v) is 3.83. The SMILES string of the molecule is Cc1c([C@H](CC(C)C)C(=O)O)c2c(F)c(O)ccc2n1C(=O)c1ccc(Cl)cc1. The number of halogens is 2. The number of nitrogens with zero attached hydrogens (tertiary/aromatic N) is 1. The van der Waals surface area contributed by atoms with Crippen molar-refractivity contribution in [2.75, 3.05) is 0 Å². The lowest BCUT2D eigenvalue weighted by molar-refractivity contribution is -0.139. The minimum absolute atomic E-state index is 0.0289. The van der Waals surface area contributed by atoms with Crippen molar-refractivity contribution in [2.24, 2.45) is 5.92 Å². The number of phenolic OH excluding ortho intramolecular Hbond substituents is 1. The van der Waals surface area contributed by atoms with E-state index in [4.69, 9.17) is 11.6 Å². The van der Waals surface area contributed by atoms with Gasteiger partial charge in [0.1, 0.15) is 0 Å². The van der Waals surface area contributed by atoms with Crippen LogP contribution in [0.25, 0.3) is 10.9 Å². The molecule has 3 aromatic rings. The first-order valence-corrected chi connectivity index (χ1v) is 9.56. The van der Waals surface area contributed by atoms with E-state index in [-0.39, 0.29) is 28.8 Å². The molecule has 0 aliphatic carbocycles. The minimum atomic E-state index is -1.11. The smallest absolute Gasteiger partial charge is 0.311 e. The van der Waals surface area contributed by atoms with E-state index >= 15 is 0 Å². The highest BCUT2D eigenvalue weighted by atomic mass is 35.5. The first kappa shape index (κ1) is 20.9. The first-order valence-electron chi connectivity index (χ1n) is 9.18. The second-order valence-corrected chi connectivity index (χ2v) is 7.90. The molecule has 0 radical (unpaired) electrons. The van der Waals surface area contributed by atoms with Crippen LogP contribution >= 0.6 is 11.6 Å². The number of carbonyl (C=O) groups is 2. The van der Waals surface area contributed by atoms with Gasteiger partial charge in [-0.3, -0.25) is 14.2 Å². The van der Waals surface area contributed by atoms with Gasteiger partial charge in [0.25, 0.3) is 5.91 Å². The molecule has 29 heavy (non-hydrogen) atoms. The zero-order valence-electron chi connectivity index (χ0n) is 16.2. The van der Waals surface area contributed by atoms with Gasteiger partial charge in [-0.25, -0.2) is 4.39 Å². The number of rotatable bonds is 5. The van der Waals surface area contributed by atoms with Crippen LogP contribution in [0.15, 0.2) is 36.4 Å². The van der Waals surface area contributed by atoms with E-state index in [1.165, 1.54) is 10.6 Å². The molecule has 0 unspecified atom stereocenters. The molecule has 5 nitrogen and oxygen atoms in total. The van der Waals surface area contributed by atoms with E-state index in [9.17, 15) is 24.2 Å². The van der Waals surface area contributed by atoms with Crippen LogP contribution in [0.1, 0.15) is 47.8 Å². The molecule has 0 aliphatic rings. The van der Waals surface area contributed by atoms with Gasteiger partial charge >= 0.3 is 5.97 Å². The van der Waals surface area contributed by atoms with Crippen LogP contribution < -0.4 is 0 Å². The fourth-order valence-electron chi connectivity index (χ4n) is 3.70. The molecule has 1 atom stereocenters. The molecule has 1 aromatic heterocycles. The summed E-state index contributed by atoms with van der Waals surface area (Å²) >= 11 is 5.90. The van der Waals surface area contributed by atoms with Gasteiger partial charge in [-0.1, -0.05) is 25.4 Å². The number of aromatic nitrogens is 1. The van der Waals surface area contributed by atoms with Gasteiger partial charge in [-0.2, -0.15) is 0 Å². The van der Waals surface area contributed by atoms with Crippen molar-refractivity contribution in [3.63, 3.8) is 0 Å². The second-order valence-electron chi connectivity index (χ2n) is 7.46. The third-order valence-corrected chi connectivity index (χ3v) is 5.23. The number of aliphatic carboxylic acids is 1. The van der Waals surface area contributed by atoms with Crippen LogP contribution in [0.5, 0.6) is 5.75 Å². The molecule has 1 heterocycles. The lowest BCUT2D eigenvalue weighted by Crippen LogP contribution is -2.17. The third-order valence-electron chi connectivity index (χ3n) is 4.98. The van der Waals surface area contributed by atoms with Gasteiger partial charge in [0.15, 0.2) is 11.6 Å². The molecule has 0 bridgehead atoms. The second kappa shape index (κ2) is 7.87. The Morgan fingerprint density at radius 3 is 2.31 bits per heavy atom. The van der Waals surface area contributed by atoms with Gasteiger partial charge in [-0.15, -0.1) is 0 Å². The number of carboxylic acid groups (broad SMARTS) is 1. The standard InChI is InChI=1S/C22H21ClFNO4/c1-11(2)10-15(22(28)29)18-12(3)25(16-8-9-17(26)20(24)19(16)18)21(27)13-4-6-14(23)7-5-13/h4-9,11,15,26H,10H2,1-3H3,(H,28,29)/t15-/m0/s1. The molecule has 0 saturated heterocycles. The number of benzene rings is 2. The van der Waals surface area contributed by atoms with Crippen LogP contribution in [0.2, 0.25) is 5.02 Å². The number of hydrogen-bond donors (Lipinski definition) is 2. The van der Waals surface area contributed by atoms with Crippen molar-refractivity contribution in [3.05, 3.63) is 64.1 Å². The van der Waals surface area contributed by atoms with Gasteiger partial charge < -0.3 is 10.2 Å². The minimum Gasteiger partial charge on any atom is -0.505 e. The first-order chi connectivity index (χ1) is 13.6. The highest BCUT2D eigenvalue weighted by molar-refractivity contribution is 6.30. The van der Waals surface area contributed by atoms with Crippen molar-refractivity contribution in [1.82, 2.24) is 4.57 Å². The predicted octanol–water partition coefficient (Wildman–Crippen LogP) is 5.35. The number of fused-ring (bicyclic) bond motifs is 1. The fraction of sp³-hybridized carbons (Fsp3) is 0.273. The maximum atomic E-state index is 14.9. The Morgan fingerprint density at radius 2 is 1.76 bits per heavy atom. The summed E-state index contributed by atoms with van der Waals surface area (Å²) in [6, 6.07) is 8.82. The molecule has 0 saturated carbocycles. The van der Waals surface area contributed by atoms with E-state index in [1.54, 1.807) is 31.2 Å². The Bertz CT molecular complexity index is 1100. The topological polar surface area (TPSA) is 79.5 Å². The molecule has 152 valence electrons. The maximum absolute atomic E-state index is 14.9. The third kappa shape index (κ3) is 3.72. The summed E-state index contributed by atoms with van der Waals surface area (Å²) in [4.78, 5) is 25.2. The average molecular weight is 418 g/mol. The predicted molar refractivity (Wildman–Crippen MR) is 109 cm³/mol. The highest BCUT2D eigenvalue weighted by Crippen LogP contribution is 2.39. The quantitative estimate of drug-likeness (QED) is 0.586. The molecule has 7 heteroatoms. The van der Waals surface area contributed by atoms with E-state index in [2.05, 4.69) is 0 Å². The van der Waals surface area contributed by atoms with Crippen LogP contribution in [0, 0.1) is 18.7 Å². The molecular formula is C22H21ClFNO4. The highest BCUT2D eigenvalue weighted by Gasteiger charge is 2.32. The van der Waals surface area contributed by atoms with Crippen molar-refractivity contribution in [2.45, 2.75) is 33.1 Å². The van der Waals surface area contributed by atoms with E-state index < -0.39 is 29.4 Å². The van der Waals surface area contributed by atoms with E-state index in [0.717, 1.165) is 6.07 Å². The van der Waals surface area contributed by atoms with Gasteiger partial charge in [0, 0.05) is 21.7 Å². The Balaban J connectivity index is 2.34. The Kier molecular flexibility index (Phi) is 5.66. The molecule has 0 aliphatic heterocycles. The van der Waals surface area contributed by atoms with Crippen molar-refractivity contribution >= 4 is 34.4 Å². The molecule has 2 N–H and O–H groups in total.